The van der Waals surface area contributed by atoms with Gasteiger partial charge in [0, 0.05) is 11.3 Å². The zero-order chi connectivity index (χ0) is 11.2. The van der Waals surface area contributed by atoms with Gasteiger partial charge in [0.25, 0.3) is 0 Å². The molecular formula is C13H21NOS. The Hall–Kier alpha value is -0.410. The van der Waals surface area contributed by atoms with Gasteiger partial charge >= 0.3 is 0 Å². The second-order valence-electron chi connectivity index (χ2n) is 4.40. The van der Waals surface area contributed by atoms with Crippen LogP contribution in [0.2, 0.25) is 0 Å². The first-order chi connectivity index (χ1) is 7.88. The Labute approximate surface area is 102 Å². The maximum absolute atomic E-state index is 5.33. The van der Waals surface area contributed by atoms with Gasteiger partial charge in [-0.05, 0) is 37.1 Å². The summed E-state index contributed by atoms with van der Waals surface area (Å²) < 4.78 is 5.33. The number of hydrogen-bond acceptors (Lipinski definition) is 3. The van der Waals surface area contributed by atoms with Gasteiger partial charge in [-0.1, -0.05) is 13.3 Å². The molecule has 1 N–H and O–H groups in total. The van der Waals surface area contributed by atoms with E-state index in [9.17, 15) is 0 Å². The lowest BCUT2D eigenvalue weighted by Crippen LogP contribution is -2.34. The van der Waals surface area contributed by atoms with Gasteiger partial charge in [0.05, 0.1) is 12.8 Å². The molecule has 0 aliphatic heterocycles. The van der Waals surface area contributed by atoms with E-state index in [1.54, 1.807) is 6.26 Å². The maximum Gasteiger partial charge on any atom is 0.117 e. The van der Waals surface area contributed by atoms with Gasteiger partial charge < -0.3 is 9.73 Å². The highest BCUT2D eigenvalue weighted by Gasteiger charge is 2.21. The third kappa shape index (κ3) is 3.56. The molecule has 16 heavy (non-hydrogen) atoms. The minimum absolute atomic E-state index is 0.683. The highest BCUT2D eigenvalue weighted by atomic mass is 32.2. The van der Waals surface area contributed by atoms with Gasteiger partial charge in [0.15, 0.2) is 0 Å². The summed E-state index contributed by atoms with van der Waals surface area (Å²) in [6.45, 7) is 3.13. The molecule has 1 aromatic heterocycles. The van der Waals surface area contributed by atoms with Crippen LogP contribution in [0, 0.1) is 0 Å². The van der Waals surface area contributed by atoms with Crippen molar-refractivity contribution < 1.29 is 4.42 Å². The summed E-state index contributed by atoms with van der Waals surface area (Å²) in [6.07, 6.45) is 7.15. The molecule has 0 amide bonds. The van der Waals surface area contributed by atoms with Gasteiger partial charge in [-0.15, -0.1) is 0 Å². The number of hydrogen-bond donors (Lipinski definition) is 1. The van der Waals surface area contributed by atoms with Gasteiger partial charge in [-0.25, -0.2) is 0 Å². The molecule has 0 saturated heterocycles. The molecule has 3 heteroatoms. The minimum Gasteiger partial charge on any atom is -0.468 e. The van der Waals surface area contributed by atoms with Crippen LogP contribution in [-0.4, -0.2) is 17.0 Å². The zero-order valence-corrected chi connectivity index (χ0v) is 10.8. The van der Waals surface area contributed by atoms with Crippen LogP contribution >= 0.6 is 11.8 Å². The van der Waals surface area contributed by atoms with Crippen LogP contribution in [0.3, 0.4) is 0 Å². The quantitative estimate of drug-likeness (QED) is 0.852. The smallest absolute Gasteiger partial charge is 0.117 e. The fourth-order valence-electron chi connectivity index (χ4n) is 2.38. The molecule has 1 fully saturated rings. The Morgan fingerprint density at radius 2 is 2.44 bits per heavy atom. The van der Waals surface area contributed by atoms with E-state index in [1.807, 2.05) is 12.1 Å². The molecule has 1 saturated carbocycles. The summed E-state index contributed by atoms with van der Waals surface area (Å²) >= 11 is 2.12. The number of rotatable bonds is 5. The monoisotopic (exact) mass is 239 g/mol. The van der Waals surface area contributed by atoms with Crippen molar-refractivity contribution in [3.63, 3.8) is 0 Å². The standard InChI is InChI=1S/C13H21NOS/c1-2-16-13-7-3-5-11(9-13)14-10-12-6-4-8-15-12/h4,6,8,11,13-14H,2-3,5,7,9-10H2,1H3. The predicted molar refractivity (Wildman–Crippen MR) is 69.7 cm³/mol. The Morgan fingerprint density at radius 3 is 3.19 bits per heavy atom. The molecule has 0 aromatic carbocycles. The first kappa shape index (κ1) is 12.1. The zero-order valence-electron chi connectivity index (χ0n) is 9.95. The summed E-state index contributed by atoms with van der Waals surface area (Å²) in [5, 5.41) is 4.47. The SMILES string of the molecule is CCSC1CCCC(NCc2ccco2)C1. The van der Waals surface area contributed by atoms with Crippen molar-refractivity contribution in [3.05, 3.63) is 24.2 Å². The van der Waals surface area contributed by atoms with Gasteiger partial charge in [0.1, 0.15) is 5.76 Å². The van der Waals surface area contributed by atoms with Crippen molar-refractivity contribution in [2.45, 2.75) is 50.4 Å². The second kappa shape index (κ2) is 6.36. The molecule has 2 atom stereocenters. The summed E-state index contributed by atoms with van der Waals surface area (Å²) in [7, 11) is 0. The molecule has 1 aliphatic rings. The molecule has 1 aromatic rings. The fourth-order valence-corrected chi connectivity index (χ4v) is 3.55. The van der Waals surface area contributed by atoms with Crippen molar-refractivity contribution in [3.8, 4) is 0 Å². The molecule has 2 unspecified atom stereocenters. The molecule has 90 valence electrons. The lowest BCUT2D eigenvalue weighted by Gasteiger charge is -2.29. The Bertz CT molecular complexity index is 284. The van der Waals surface area contributed by atoms with E-state index in [-0.39, 0.29) is 0 Å². The molecule has 2 rings (SSSR count). The highest BCUT2D eigenvalue weighted by molar-refractivity contribution is 7.99. The summed E-state index contributed by atoms with van der Waals surface area (Å²) in [4.78, 5) is 0. The average molecular weight is 239 g/mol. The fraction of sp³-hybridized carbons (Fsp3) is 0.692. The van der Waals surface area contributed by atoms with Crippen molar-refractivity contribution in [1.29, 1.82) is 0 Å². The van der Waals surface area contributed by atoms with E-state index in [0.717, 1.165) is 17.6 Å². The number of thioether (sulfide) groups is 1. The molecule has 1 heterocycles. The Morgan fingerprint density at radius 1 is 1.50 bits per heavy atom. The van der Waals surface area contributed by atoms with Crippen LogP contribution in [0.25, 0.3) is 0 Å². The van der Waals surface area contributed by atoms with E-state index in [0.29, 0.717) is 6.04 Å². The third-order valence-corrected chi connectivity index (χ3v) is 4.41. The lowest BCUT2D eigenvalue weighted by molar-refractivity contribution is 0.362. The average Bonchev–Trinajstić information content (AvgIpc) is 2.80. The topological polar surface area (TPSA) is 25.2 Å². The van der Waals surface area contributed by atoms with E-state index >= 15 is 0 Å². The summed E-state index contributed by atoms with van der Waals surface area (Å²) in [5.74, 6) is 2.29. The van der Waals surface area contributed by atoms with Gasteiger partial charge in [-0.3, -0.25) is 0 Å². The highest BCUT2D eigenvalue weighted by Crippen LogP contribution is 2.28. The first-order valence-electron chi connectivity index (χ1n) is 6.26. The molecule has 0 bridgehead atoms. The van der Waals surface area contributed by atoms with Crippen LogP contribution in [0.1, 0.15) is 38.4 Å². The van der Waals surface area contributed by atoms with Crippen molar-refractivity contribution in [2.75, 3.05) is 5.75 Å². The molecular weight excluding hydrogens is 218 g/mol. The molecule has 2 nitrogen and oxygen atoms in total. The van der Waals surface area contributed by atoms with Crippen LogP contribution < -0.4 is 5.32 Å². The largest absolute Gasteiger partial charge is 0.468 e. The predicted octanol–water partition coefficient (Wildman–Crippen LogP) is 3.43. The summed E-state index contributed by atoms with van der Waals surface area (Å²) in [6, 6.07) is 4.67. The molecule has 0 radical (unpaired) electrons. The number of nitrogens with one attached hydrogen (secondary N) is 1. The van der Waals surface area contributed by atoms with Crippen LogP contribution in [-0.2, 0) is 6.54 Å². The maximum atomic E-state index is 5.33. The molecule has 1 aliphatic carbocycles. The van der Waals surface area contributed by atoms with Crippen LogP contribution in [0.5, 0.6) is 0 Å². The molecule has 0 spiro atoms. The Balaban J connectivity index is 1.72. The van der Waals surface area contributed by atoms with E-state index < -0.39 is 0 Å². The van der Waals surface area contributed by atoms with Crippen LogP contribution in [0.4, 0.5) is 0 Å². The van der Waals surface area contributed by atoms with Crippen molar-refractivity contribution in [1.82, 2.24) is 5.32 Å². The van der Waals surface area contributed by atoms with Crippen molar-refractivity contribution in [2.24, 2.45) is 0 Å². The third-order valence-electron chi connectivity index (χ3n) is 3.17. The summed E-state index contributed by atoms with van der Waals surface area (Å²) in [5.41, 5.74) is 0. The van der Waals surface area contributed by atoms with Crippen LogP contribution in [0.15, 0.2) is 22.8 Å². The van der Waals surface area contributed by atoms with E-state index in [2.05, 4.69) is 24.0 Å². The minimum atomic E-state index is 0.683. The van der Waals surface area contributed by atoms with E-state index in [4.69, 9.17) is 4.42 Å². The number of furan rings is 1. The normalized spacial score (nSPS) is 25.8. The van der Waals surface area contributed by atoms with Gasteiger partial charge in [-0.2, -0.15) is 11.8 Å². The Kier molecular flexibility index (Phi) is 4.79. The lowest BCUT2D eigenvalue weighted by atomic mass is 9.95. The first-order valence-corrected chi connectivity index (χ1v) is 7.30. The van der Waals surface area contributed by atoms with Gasteiger partial charge in [0.2, 0.25) is 0 Å². The van der Waals surface area contributed by atoms with Crippen molar-refractivity contribution >= 4 is 11.8 Å². The van der Waals surface area contributed by atoms with E-state index in [1.165, 1.54) is 31.4 Å². The second-order valence-corrected chi connectivity index (χ2v) is 5.98.